The molecule has 0 fully saturated rings. The molecule has 0 spiro atoms. The van der Waals surface area contributed by atoms with Gasteiger partial charge >= 0.3 is 0 Å². The standard InChI is InChI=1S/C11H11FO5S/c1-17-10-8(12)4-3-7(9(14)5-6-13)11(10)18(2,15)16/h3-4,6H,5H2,1-2H3. The van der Waals surface area contributed by atoms with Gasteiger partial charge in [0.2, 0.25) is 0 Å². The van der Waals surface area contributed by atoms with Crippen molar-refractivity contribution in [3.8, 4) is 5.75 Å². The predicted octanol–water partition coefficient (Wildman–Crippen LogP) is 1.01. The molecule has 0 aliphatic rings. The van der Waals surface area contributed by atoms with Gasteiger partial charge in [-0.25, -0.2) is 12.8 Å². The fourth-order valence-electron chi connectivity index (χ4n) is 1.50. The van der Waals surface area contributed by atoms with E-state index in [-0.39, 0.29) is 5.56 Å². The first-order chi connectivity index (χ1) is 8.32. The number of sulfone groups is 1. The molecule has 0 heterocycles. The Morgan fingerprint density at radius 3 is 2.50 bits per heavy atom. The van der Waals surface area contributed by atoms with Gasteiger partial charge in [0.25, 0.3) is 0 Å². The van der Waals surface area contributed by atoms with E-state index < -0.39 is 38.5 Å². The van der Waals surface area contributed by atoms with Crippen LogP contribution in [-0.4, -0.2) is 33.9 Å². The van der Waals surface area contributed by atoms with E-state index in [1.807, 2.05) is 0 Å². The molecule has 98 valence electrons. The largest absolute Gasteiger partial charge is 0.492 e. The quantitative estimate of drug-likeness (QED) is 0.455. The van der Waals surface area contributed by atoms with Gasteiger partial charge < -0.3 is 9.53 Å². The minimum absolute atomic E-state index is 0.247. The number of hydrogen-bond donors (Lipinski definition) is 0. The van der Waals surface area contributed by atoms with Crippen molar-refractivity contribution < 1.29 is 27.1 Å². The zero-order chi connectivity index (χ0) is 13.9. The Morgan fingerprint density at radius 1 is 1.44 bits per heavy atom. The summed E-state index contributed by atoms with van der Waals surface area (Å²) in [4.78, 5) is 21.4. The third kappa shape index (κ3) is 2.73. The van der Waals surface area contributed by atoms with Crippen LogP contribution in [0, 0.1) is 5.82 Å². The lowest BCUT2D eigenvalue weighted by molar-refractivity contribution is -0.107. The molecule has 0 unspecified atom stereocenters. The molecule has 0 aromatic heterocycles. The number of benzene rings is 1. The summed E-state index contributed by atoms with van der Waals surface area (Å²) in [5, 5.41) is 0. The van der Waals surface area contributed by atoms with Gasteiger partial charge in [-0.15, -0.1) is 0 Å². The van der Waals surface area contributed by atoms with Crippen LogP contribution in [0.3, 0.4) is 0 Å². The first-order valence-corrected chi connectivity index (χ1v) is 6.75. The van der Waals surface area contributed by atoms with Crippen molar-refractivity contribution in [2.45, 2.75) is 11.3 Å². The van der Waals surface area contributed by atoms with E-state index in [9.17, 15) is 22.4 Å². The lowest BCUT2D eigenvalue weighted by atomic mass is 10.1. The van der Waals surface area contributed by atoms with Gasteiger partial charge in [-0.3, -0.25) is 4.79 Å². The summed E-state index contributed by atoms with van der Waals surface area (Å²) in [6.07, 6.45) is 0.712. The molecule has 0 saturated carbocycles. The number of aldehydes is 1. The van der Waals surface area contributed by atoms with Gasteiger partial charge in [0.05, 0.1) is 13.5 Å². The topological polar surface area (TPSA) is 77.5 Å². The molecule has 0 saturated heterocycles. The second-order valence-electron chi connectivity index (χ2n) is 3.52. The van der Waals surface area contributed by atoms with E-state index in [1.54, 1.807) is 0 Å². The summed E-state index contributed by atoms with van der Waals surface area (Å²) in [7, 11) is -2.77. The average Bonchev–Trinajstić information content (AvgIpc) is 2.27. The molecule has 0 aliphatic carbocycles. The highest BCUT2D eigenvalue weighted by Crippen LogP contribution is 2.31. The van der Waals surface area contributed by atoms with Crippen molar-refractivity contribution in [1.29, 1.82) is 0 Å². The van der Waals surface area contributed by atoms with Crippen LogP contribution in [0.1, 0.15) is 16.8 Å². The van der Waals surface area contributed by atoms with E-state index in [4.69, 9.17) is 0 Å². The molecular weight excluding hydrogens is 263 g/mol. The third-order valence-corrected chi connectivity index (χ3v) is 3.36. The number of carbonyl (C=O) groups excluding carboxylic acids is 2. The molecule has 0 bridgehead atoms. The van der Waals surface area contributed by atoms with Gasteiger partial charge in [0.1, 0.15) is 11.2 Å². The minimum atomic E-state index is -3.86. The lowest BCUT2D eigenvalue weighted by Crippen LogP contribution is -2.11. The number of Topliss-reactive ketones (excluding diaryl/α,β-unsaturated/α-hetero) is 1. The zero-order valence-electron chi connectivity index (χ0n) is 9.77. The minimum Gasteiger partial charge on any atom is -0.492 e. The maximum Gasteiger partial charge on any atom is 0.180 e. The first-order valence-electron chi connectivity index (χ1n) is 4.86. The molecule has 1 rings (SSSR count). The van der Waals surface area contributed by atoms with Crippen molar-refractivity contribution in [2.24, 2.45) is 0 Å². The van der Waals surface area contributed by atoms with E-state index in [2.05, 4.69) is 4.74 Å². The molecule has 0 radical (unpaired) electrons. The van der Waals surface area contributed by atoms with Gasteiger partial charge in [-0.05, 0) is 12.1 Å². The highest BCUT2D eigenvalue weighted by atomic mass is 32.2. The molecular formula is C11H11FO5S. The van der Waals surface area contributed by atoms with E-state index >= 15 is 0 Å². The van der Waals surface area contributed by atoms with Crippen LogP contribution in [0.4, 0.5) is 4.39 Å². The van der Waals surface area contributed by atoms with Crippen LogP contribution < -0.4 is 4.74 Å². The smallest absolute Gasteiger partial charge is 0.180 e. The molecule has 1 aromatic carbocycles. The van der Waals surface area contributed by atoms with Crippen molar-refractivity contribution in [2.75, 3.05) is 13.4 Å². The average molecular weight is 274 g/mol. The van der Waals surface area contributed by atoms with Gasteiger partial charge in [-0.2, -0.15) is 0 Å². The SMILES string of the molecule is COc1c(F)ccc(C(=O)CC=O)c1S(C)(=O)=O. The Bertz CT molecular complexity index is 592. The van der Waals surface area contributed by atoms with Crippen molar-refractivity contribution in [3.63, 3.8) is 0 Å². The predicted molar refractivity (Wildman–Crippen MR) is 61.1 cm³/mol. The van der Waals surface area contributed by atoms with Crippen LogP contribution in [0.5, 0.6) is 5.75 Å². The molecule has 5 nitrogen and oxygen atoms in total. The normalized spacial score (nSPS) is 11.1. The number of carbonyl (C=O) groups is 2. The van der Waals surface area contributed by atoms with E-state index in [0.717, 1.165) is 25.5 Å². The molecule has 7 heteroatoms. The van der Waals surface area contributed by atoms with E-state index in [1.165, 1.54) is 0 Å². The molecule has 0 N–H and O–H groups in total. The number of ketones is 1. The van der Waals surface area contributed by atoms with Crippen molar-refractivity contribution in [1.82, 2.24) is 0 Å². The molecule has 0 atom stereocenters. The summed E-state index contributed by atoms with van der Waals surface area (Å²) < 4.78 is 41.3. The van der Waals surface area contributed by atoms with Crippen LogP contribution in [-0.2, 0) is 14.6 Å². The molecule has 1 aromatic rings. The summed E-state index contributed by atoms with van der Waals surface area (Å²) in [6.45, 7) is 0. The van der Waals surface area contributed by atoms with Crippen LogP contribution in [0.2, 0.25) is 0 Å². The molecule has 0 amide bonds. The summed E-state index contributed by atoms with van der Waals surface area (Å²) in [5.74, 6) is -2.11. The zero-order valence-corrected chi connectivity index (χ0v) is 10.6. The monoisotopic (exact) mass is 274 g/mol. The molecule has 0 aliphatic heterocycles. The van der Waals surface area contributed by atoms with Gasteiger partial charge in [-0.1, -0.05) is 0 Å². The third-order valence-electron chi connectivity index (χ3n) is 2.21. The number of hydrogen-bond acceptors (Lipinski definition) is 5. The summed E-state index contributed by atoms with van der Waals surface area (Å²) in [6, 6.07) is 1.95. The Balaban J connectivity index is 3.63. The summed E-state index contributed by atoms with van der Waals surface area (Å²) >= 11 is 0. The number of methoxy groups -OCH3 is 1. The van der Waals surface area contributed by atoms with Crippen molar-refractivity contribution >= 4 is 21.9 Å². The molecule has 18 heavy (non-hydrogen) atoms. The van der Waals surface area contributed by atoms with Crippen LogP contribution in [0.15, 0.2) is 17.0 Å². The number of ether oxygens (including phenoxy) is 1. The second kappa shape index (κ2) is 5.26. The maximum atomic E-state index is 13.4. The fourth-order valence-corrected chi connectivity index (χ4v) is 2.60. The Kier molecular flexibility index (Phi) is 4.18. The number of halogens is 1. The first kappa shape index (κ1) is 14.3. The Hall–Kier alpha value is -1.76. The Morgan fingerprint density at radius 2 is 2.06 bits per heavy atom. The lowest BCUT2D eigenvalue weighted by Gasteiger charge is -2.11. The second-order valence-corrected chi connectivity index (χ2v) is 5.48. The fraction of sp³-hybridized carbons (Fsp3) is 0.273. The Labute approximate surface area is 103 Å². The number of rotatable bonds is 5. The van der Waals surface area contributed by atoms with Crippen LogP contribution in [0.25, 0.3) is 0 Å². The highest BCUT2D eigenvalue weighted by molar-refractivity contribution is 7.90. The highest BCUT2D eigenvalue weighted by Gasteiger charge is 2.26. The van der Waals surface area contributed by atoms with Crippen molar-refractivity contribution in [3.05, 3.63) is 23.5 Å². The maximum absolute atomic E-state index is 13.4. The summed E-state index contributed by atoms with van der Waals surface area (Å²) in [5.41, 5.74) is -0.247. The van der Waals surface area contributed by atoms with Gasteiger partial charge in [0.15, 0.2) is 27.2 Å². The van der Waals surface area contributed by atoms with Crippen LogP contribution >= 0.6 is 0 Å². The van der Waals surface area contributed by atoms with E-state index in [0.29, 0.717) is 6.29 Å². The van der Waals surface area contributed by atoms with Gasteiger partial charge in [0, 0.05) is 11.8 Å².